The summed E-state index contributed by atoms with van der Waals surface area (Å²) in [5.41, 5.74) is 0.916. The number of Topliss-reactive ketones (excluding diaryl/α,β-unsaturated/α-hetero) is 1. The van der Waals surface area contributed by atoms with Crippen molar-refractivity contribution in [2.24, 2.45) is 0 Å². The van der Waals surface area contributed by atoms with Gasteiger partial charge in [-0.15, -0.1) is 0 Å². The van der Waals surface area contributed by atoms with Gasteiger partial charge in [0.1, 0.15) is 5.60 Å². The lowest BCUT2D eigenvalue weighted by atomic mass is 9.93. The number of hydrogen-bond donors (Lipinski definition) is 1. The van der Waals surface area contributed by atoms with E-state index in [9.17, 15) is 14.8 Å². The summed E-state index contributed by atoms with van der Waals surface area (Å²) in [7, 11) is 0. The molecule has 0 unspecified atom stereocenters. The zero-order valence-corrected chi connectivity index (χ0v) is 13.9. The van der Waals surface area contributed by atoms with Gasteiger partial charge in [0, 0.05) is 11.5 Å². The Morgan fingerprint density at radius 3 is 2.35 bits per heavy atom. The zero-order chi connectivity index (χ0) is 17.2. The molecule has 0 saturated heterocycles. The molecule has 0 aromatic heterocycles. The molecule has 1 amide bonds. The molecule has 0 spiro atoms. The molecule has 0 fully saturated rings. The van der Waals surface area contributed by atoms with Crippen LogP contribution in [0.4, 0.5) is 4.79 Å². The van der Waals surface area contributed by atoms with Gasteiger partial charge in [0.2, 0.25) is 0 Å². The molecule has 1 aliphatic rings. The van der Waals surface area contributed by atoms with Crippen LogP contribution in [0.1, 0.15) is 56.0 Å². The molecule has 0 saturated carbocycles. The van der Waals surface area contributed by atoms with E-state index in [2.05, 4.69) is 0 Å². The molecule has 23 heavy (non-hydrogen) atoms. The van der Waals surface area contributed by atoms with Crippen LogP contribution >= 0.6 is 0 Å². The fraction of sp³-hybridized carbons (Fsp3) is 0.444. The predicted molar refractivity (Wildman–Crippen MR) is 86.6 cm³/mol. The minimum atomic E-state index is -0.753. The van der Waals surface area contributed by atoms with E-state index in [4.69, 9.17) is 4.74 Å². The number of amides is 1. The second-order valence-corrected chi connectivity index (χ2v) is 6.76. The maximum Gasteiger partial charge on any atom is 0.434 e. The monoisotopic (exact) mass is 317 g/mol. The van der Waals surface area contributed by atoms with Crippen LogP contribution in [0.25, 0.3) is 0 Å². The third-order valence-corrected chi connectivity index (χ3v) is 3.73. The van der Waals surface area contributed by atoms with Gasteiger partial charge in [0.25, 0.3) is 0 Å². The van der Waals surface area contributed by atoms with Crippen LogP contribution in [0.2, 0.25) is 0 Å². The first kappa shape index (κ1) is 17.2. The first-order valence-corrected chi connectivity index (χ1v) is 7.67. The minimum Gasteiger partial charge on any atom is -0.442 e. The number of nitrogens with zero attached hydrogens (tertiary/aromatic N) is 1. The lowest BCUT2D eigenvalue weighted by molar-refractivity contribution is -0.120. The largest absolute Gasteiger partial charge is 0.442 e. The summed E-state index contributed by atoms with van der Waals surface area (Å²) in [6.07, 6.45) is 3.69. The van der Waals surface area contributed by atoms with E-state index in [1.807, 2.05) is 24.3 Å². The molecular weight excluding hydrogens is 294 g/mol. The van der Waals surface area contributed by atoms with E-state index in [0.717, 1.165) is 5.56 Å². The van der Waals surface area contributed by atoms with Crippen LogP contribution < -0.4 is 0 Å². The van der Waals surface area contributed by atoms with Crippen LogP contribution in [0.5, 0.6) is 0 Å². The molecule has 0 aliphatic heterocycles. The highest BCUT2D eigenvalue weighted by Gasteiger charge is 2.34. The first-order valence-electron chi connectivity index (χ1n) is 7.67. The van der Waals surface area contributed by atoms with Gasteiger partial charge in [0.05, 0.1) is 6.04 Å². The van der Waals surface area contributed by atoms with Gasteiger partial charge in [-0.05, 0) is 39.7 Å². The highest BCUT2D eigenvalue weighted by Crippen LogP contribution is 2.33. The number of carbonyl (C=O) groups excluding carboxylic acids is 2. The molecule has 1 N–H and O–H groups in total. The average Bonchev–Trinajstić information content (AvgIpc) is 2.94. The molecular formula is C18H23NO4. The van der Waals surface area contributed by atoms with Crippen LogP contribution in [-0.4, -0.2) is 33.8 Å². The van der Waals surface area contributed by atoms with Crippen molar-refractivity contribution in [3.05, 3.63) is 47.5 Å². The van der Waals surface area contributed by atoms with Crippen LogP contribution in [0.15, 0.2) is 36.4 Å². The van der Waals surface area contributed by atoms with Crippen molar-refractivity contribution in [3.63, 3.8) is 0 Å². The lowest BCUT2D eigenvalue weighted by Gasteiger charge is -2.30. The Bertz CT molecular complexity index is 613. The highest BCUT2D eigenvalue weighted by atomic mass is 16.6. The molecule has 2 atom stereocenters. The molecule has 0 heterocycles. The quantitative estimate of drug-likeness (QED) is 0.397. The number of hydroxylamine groups is 2. The Hall–Kier alpha value is -2.14. The number of carbonyl (C=O) groups is 2. The summed E-state index contributed by atoms with van der Waals surface area (Å²) >= 11 is 0. The van der Waals surface area contributed by atoms with Gasteiger partial charge in [-0.25, -0.2) is 4.79 Å². The number of ketones is 1. The second-order valence-electron chi connectivity index (χ2n) is 6.76. The summed E-state index contributed by atoms with van der Waals surface area (Å²) in [5.74, 6) is -0.124. The Balaban J connectivity index is 2.14. The Kier molecular flexibility index (Phi) is 4.90. The molecule has 1 aliphatic carbocycles. The lowest BCUT2D eigenvalue weighted by Crippen LogP contribution is -2.42. The highest BCUT2D eigenvalue weighted by molar-refractivity contribution is 5.94. The molecule has 0 radical (unpaired) electrons. The maximum atomic E-state index is 12.0. The van der Waals surface area contributed by atoms with Crippen molar-refractivity contribution in [1.82, 2.24) is 5.06 Å². The SMILES string of the molecule is CC(=O)c1ccc([C@H]2C=CC[C@@H]2N(O)C(=O)OC(C)(C)C)cc1. The molecule has 124 valence electrons. The van der Waals surface area contributed by atoms with Gasteiger partial charge >= 0.3 is 6.09 Å². The fourth-order valence-corrected chi connectivity index (χ4v) is 2.61. The molecule has 0 bridgehead atoms. The smallest absolute Gasteiger partial charge is 0.434 e. The number of benzene rings is 1. The van der Waals surface area contributed by atoms with E-state index in [-0.39, 0.29) is 11.7 Å². The van der Waals surface area contributed by atoms with Gasteiger partial charge < -0.3 is 4.74 Å². The van der Waals surface area contributed by atoms with Crippen molar-refractivity contribution < 1.29 is 19.5 Å². The number of hydrogen-bond acceptors (Lipinski definition) is 4. The summed E-state index contributed by atoms with van der Waals surface area (Å²) in [6, 6.07) is 6.82. The third-order valence-electron chi connectivity index (χ3n) is 3.73. The van der Waals surface area contributed by atoms with Crippen LogP contribution in [-0.2, 0) is 4.74 Å². The molecule has 1 aromatic rings. The normalized spacial score (nSPS) is 20.4. The van der Waals surface area contributed by atoms with Crippen LogP contribution in [0.3, 0.4) is 0 Å². The molecule has 1 aromatic carbocycles. The summed E-state index contributed by atoms with van der Waals surface area (Å²) < 4.78 is 5.21. The van der Waals surface area contributed by atoms with Crippen molar-refractivity contribution in [1.29, 1.82) is 0 Å². The van der Waals surface area contributed by atoms with E-state index >= 15 is 0 Å². The van der Waals surface area contributed by atoms with Gasteiger partial charge in [-0.2, -0.15) is 5.06 Å². The van der Waals surface area contributed by atoms with Gasteiger partial charge in [-0.1, -0.05) is 36.4 Å². The fourth-order valence-electron chi connectivity index (χ4n) is 2.61. The minimum absolute atomic E-state index is 0.00704. The Labute approximate surface area is 136 Å². The van der Waals surface area contributed by atoms with E-state index < -0.39 is 17.7 Å². The van der Waals surface area contributed by atoms with Crippen molar-refractivity contribution in [2.75, 3.05) is 0 Å². The Morgan fingerprint density at radius 2 is 1.83 bits per heavy atom. The topological polar surface area (TPSA) is 66.8 Å². The maximum absolute atomic E-state index is 12.0. The number of ether oxygens (including phenoxy) is 1. The van der Waals surface area contributed by atoms with Gasteiger partial charge in [0.15, 0.2) is 5.78 Å². The first-order chi connectivity index (χ1) is 10.7. The average molecular weight is 317 g/mol. The zero-order valence-electron chi connectivity index (χ0n) is 13.9. The summed E-state index contributed by atoms with van der Waals surface area (Å²) in [6.45, 7) is 6.78. The third kappa shape index (κ3) is 4.20. The molecule has 5 heteroatoms. The van der Waals surface area contributed by atoms with E-state index in [0.29, 0.717) is 17.0 Å². The van der Waals surface area contributed by atoms with Crippen molar-refractivity contribution >= 4 is 11.9 Å². The van der Waals surface area contributed by atoms with Crippen molar-refractivity contribution in [3.8, 4) is 0 Å². The van der Waals surface area contributed by atoms with E-state index in [1.165, 1.54) is 6.92 Å². The Morgan fingerprint density at radius 1 is 1.22 bits per heavy atom. The second kappa shape index (κ2) is 6.54. The number of rotatable bonds is 3. The molecule has 5 nitrogen and oxygen atoms in total. The van der Waals surface area contributed by atoms with Crippen molar-refractivity contribution in [2.45, 2.75) is 51.7 Å². The van der Waals surface area contributed by atoms with E-state index in [1.54, 1.807) is 32.9 Å². The van der Waals surface area contributed by atoms with Crippen LogP contribution in [0, 0.1) is 0 Å². The summed E-state index contributed by atoms with van der Waals surface area (Å²) in [5, 5.41) is 10.9. The molecule has 2 rings (SSSR count). The standard InChI is InChI=1S/C18H23NO4/c1-12(20)13-8-10-14(11-9-13)15-6-5-7-16(15)19(22)17(21)23-18(2,3)4/h5-6,8-11,15-16,22H,7H2,1-4H3/t15-,16+/m1/s1. The predicted octanol–water partition coefficient (Wildman–Crippen LogP) is 3.93. The van der Waals surface area contributed by atoms with Gasteiger partial charge in [-0.3, -0.25) is 10.0 Å². The summed E-state index contributed by atoms with van der Waals surface area (Å²) in [4.78, 5) is 23.4.